The molecule has 0 aliphatic rings. The fraction of sp³-hybridized carbons (Fsp3) is 0.0714. The van der Waals surface area contributed by atoms with E-state index in [2.05, 4.69) is 4.74 Å². The smallest absolute Gasteiger partial charge is 0.406 e. The van der Waals surface area contributed by atoms with Crippen molar-refractivity contribution >= 4 is 11.6 Å². The molecule has 0 bridgehead atoms. The van der Waals surface area contributed by atoms with Gasteiger partial charge in [-0.05, 0) is 42.0 Å². The minimum absolute atomic E-state index is 0.0172. The van der Waals surface area contributed by atoms with E-state index in [9.17, 15) is 17.6 Å². The zero-order chi connectivity index (χ0) is 15.6. The summed E-state index contributed by atoms with van der Waals surface area (Å²) >= 11 is 5.62. The Bertz CT molecular complexity index is 722. The summed E-state index contributed by atoms with van der Waals surface area (Å²) in [5, 5.41) is 9.00. The average Bonchev–Trinajstić information content (AvgIpc) is 2.36. The molecule has 0 saturated carbocycles. The van der Waals surface area contributed by atoms with E-state index < -0.39 is 17.9 Å². The number of benzene rings is 2. The number of rotatable bonds is 2. The molecule has 2 aromatic carbocycles. The van der Waals surface area contributed by atoms with E-state index in [-0.39, 0.29) is 21.7 Å². The Morgan fingerprint density at radius 3 is 2.38 bits per heavy atom. The molecule has 0 amide bonds. The van der Waals surface area contributed by atoms with Crippen LogP contribution >= 0.6 is 11.6 Å². The summed E-state index contributed by atoms with van der Waals surface area (Å²) in [4.78, 5) is 0. The summed E-state index contributed by atoms with van der Waals surface area (Å²) in [5.41, 5.74) is 0.0205. The van der Waals surface area contributed by atoms with Gasteiger partial charge in [0.25, 0.3) is 0 Å². The van der Waals surface area contributed by atoms with Gasteiger partial charge in [0.2, 0.25) is 0 Å². The van der Waals surface area contributed by atoms with E-state index in [1.165, 1.54) is 18.2 Å². The molecule has 2 aromatic rings. The van der Waals surface area contributed by atoms with Crippen LogP contribution in [0.5, 0.6) is 5.75 Å². The Morgan fingerprint density at radius 1 is 1.10 bits per heavy atom. The van der Waals surface area contributed by atoms with Crippen molar-refractivity contribution in [3.05, 3.63) is 52.8 Å². The summed E-state index contributed by atoms with van der Waals surface area (Å²) < 4.78 is 54.3. The first-order valence-electron chi connectivity index (χ1n) is 5.55. The van der Waals surface area contributed by atoms with Crippen LogP contribution in [0.15, 0.2) is 36.4 Å². The van der Waals surface area contributed by atoms with Gasteiger partial charge in [-0.1, -0.05) is 11.6 Å². The molecule has 0 aromatic heterocycles. The topological polar surface area (TPSA) is 33.0 Å². The summed E-state index contributed by atoms with van der Waals surface area (Å²) in [7, 11) is 0. The molecule has 0 atom stereocenters. The molecule has 0 aliphatic heterocycles. The van der Waals surface area contributed by atoms with Crippen molar-refractivity contribution < 1.29 is 22.3 Å². The first-order chi connectivity index (χ1) is 9.78. The highest BCUT2D eigenvalue weighted by Crippen LogP contribution is 2.31. The predicted molar refractivity (Wildman–Crippen MR) is 68.2 cm³/mol. The van der Waals surface area contributed by atoms with Crippen LogP contribution in [0, 0.1) is 17.1 Å². The summed E-state index contributed by atoms with van der Waals surface area (Å²) in [5.74, 6) is -1.30. The summed E-state index contributed by atoms with van der Waals surface area (Å²) in [6, 6.07) is 8.61. The maximum atomic E-state index is 13.8. The molecule has 2 nitrogen and oxygen atoms in total. The van der Waals surface area contributed by atoms with Crippen LogP contribution < -0.4 is 4.74 Å². The Balaban J connectivity index is 2.53. The fourth-order valence-electron chi connectivity index (χ4n) is 1.74. The highest BCUT2D eigenvalue weighted by atomic mass is 35.5. The van der Waals surface area contributed by atoms with Crippen molar-refractivity contribution in [2.45, 2.75) is 6.36 Å². The molecule has 0 unspecified atom stereocenters. The molecular formula is C14H6ClF4NO. The lowest BCUT2D eigenvalue weighted by molar-refractivity contribution is -0.274. The Hall–Kier alpha value is -2.26. The van der Waals surface area contributed by atoms with Crippen LogP contribution in [0.3, 0.4) is 0 Å². The van der Waals surface area contributed by atoms with Gasteiger partial charge in [-0.25, -0.2) is 4.39 Å². The van der Waals surface area contributed by atoms with Crippen LogP contribution in [0.1, 0.15) is 5.56 Å². The minimum atomic E-state index is -4.90. The number of ether oxygens (including phenoxy) is 1. The van der Waals surface area contributed by atoms with E-state index in [1.54, 1.807) is 6.07 Å². The molecule has 0 N–H and O–H groups in total. The summed E-state index contributed by atoms with van der Waals surface area (Å²) in [6.45, 7) is 0. The van der Waals surface area contributed by atoms with Crippen molar-refractivity contribution in [3.63, 3.8) is 0 Å². The van der Waals surface area contributed by atoms with Gasteiger partial charge in [0, 0.05) is 10.6 Å². The highest BCUT2D eigenvalue weighted by Gasteiger charge is 2.31. The van der Waals surface area contributed by atoms with Crippen molar-refractivity contribution in [3.8, 4) is 22.9 Å². The second-order valence-electron chi connectivity index (χ2n) is 4.03. The van der Waals surface area contributed by atoms with Crippen LogP contribution in [0.25, 0.3) is 11.1 Å². The average molecular weight is 316 g/mol. The third kappa shape index (κ3) is 3.86. The zero-order valence-corrected chi connectivity index (χ0v) is 11.0. The predicted octanol–water partition coefficient (Wildman–Crippen LogP) is 4.92. The molecular weight excluding hydrogens is 310 g/mol. The van der Waals surface area contributed by atoms with Crippen LogP contribution in [0.4, 0.5) is 17.6 Å². The second-order valence-corrected chi connectivity index (χ2v) is 4.47. The molecule has 108 valence electrons. The Labute approximate surface area is 122 Å². The van der Waals surface area contributed by atoms with Gasteiger partial charge in [0.05, 0.1) is 11.6 Å². The molecule has 21 heavy (non-hydrogen) atoms. The zero-order valence-electron chi connectivity index (χ0n) is 10.2. The molecule has 0 fully saturated rings. The van der Waals surface area contributed by atoms with Crippen LogP contribution in [-0.2, 0) is 0 Å². The maximum absolute atomic E-state index is 13.8. The largest absolute Gasteiger partial charge is 0.573 e. The monoisotopic (exact) mass is 315 g/mol. The van der Waals surface area contributed by atoms with E-state index in [0.29, 0.717) is 0 Å². The molecule has 0 aliphatic carbocycles. The Kier molecular flexibility index (Phi) is 4.05. The molecule has 0 spiro atoms. The molecule has 2 rings (SSSR count). The number of hydrogen-bond acceptors (Lipinski definition) is 2. The van der Waals surface area contributed by atoms with Gasteiger partial charge in [-0.3, -0.25) is 0 Å². The minimum Gasteiger partial charge on any atom is -0.406 e. The van der Waals surface area contributed by atoms with Gasteiger partial charge in [-0.2, -0.15) is 5.26 Å². The number of hydrogen-bond donors (Lipinski definition) is 0. The molecule has 7 heteroatoms. The Morgan fingerprint density at radius 2 is 1.81 bits per heavy atom. The van der Waals surface area contributed by atoms with Crippen LogP contribution in [0.2, 0.25) is 5.02 Å². The third-order valence-electron chi connectivity index (χ3n) is 2.51. The van der Waals surface area contributed by atoms with Crippen molar-refractivity contribution in [1.82, 2.24) is 0 Å². The number of nitrogens with zero attached hydrogens (tertiary/aromatic N) is 1. The quantitative estimate of drug-likeness (QED) is 0.737. The summed E-state index contributed by atoms with van der Waals surface area (Å²) in [6.07, 6.45) is -4.90. The SMILES string of the molecule is N#Cc1cc(OC(F)(F)F)cc(-c2ccc(Cl)cc2F)c1. The standard InChI is InChI=1S/C14H6ClF4NO/c15-10-1-2-12(13(16)6-10)9-3-8(7-20)4-11(5-9)21-14(17,18)19/h1-6H. The van der Waals surface area contributed by atoms with Gasteiger partial charge in [0.1, 0.15) is 11.6 Å². The van der Waals surface area contributed by atoms with Gasteiger partial charge >= 0.3 is 6.36 Å². The van der Waals surface area contributed by atoms with Crippen LogP contribution in [-0.4, -0.2) is 6.36 Å². The lowest BCUT2D eigenvalue weighted by Gasteiger charge is -2.11. The fourth-order valence-corrected chi connectivity index (χ4v) is 1.89. The number of nitriles is 1. The molecule has 0 saturated heterocycles. The van der Waals surface area contributed by atoms with Gasteiger partial charge in [0.15, 0.2) is 0 Å². The first kappa shape index (κ1) is 15.1. The van der Waals surface area contributed by atoms with Crippen molar-refractivity contribution in [1.29, 1.82) is 5.26 Å². The molecule has 0 heterocycles. The number of halogens is 5. The number of alkyl halides is 3. The molecule has 0 radical (unpaired) electrons. The van der Waals surface area contributed by atoms with E-state index >= 15 is 0 Å². The van der Waals surface area contributed by atoms with E-state index in [1.807, 2.05) is 0 Å². The normalized spacial score (nSPS) is 11.0. The van der Waals surface area contributed by atoms with Gasteiger partial charge < -0.3 is 4.74 Å². The highest BCUT2D eigenvalue weighted by molar-refractivity contribution is 6.30. The lowest BCUT2D eigenvalue weighted by Crippen LogP contribution is -2.17. The second kappa shape index (κ2) is 5.62. The maximum Gasteiger partial charge on any atom is 0.573 e. The van der Waals surface area contributed by atoms with Gasteiger partial charge in [-0.15, -0.1) is 13.2 Å². The third-order valence-corrected chi connectivity index (χ3v) is 2.75. The van der Waals surface area contributed by atoms with Crippen molar-refractivity contribution in [2.75, 3.05) is 0 Å². The van der Waals surface area contributed by atoms with Crippen molar-refractivity contribution in [2.24, 2.45) is 0 Å². The first-order valence-corrected chi connectivity index (χ1v) is 5.92. The lowest BCUT2D eigenvalue weighted by atomic mass is 10.0. The van der Waals surface area contributed by atoms with E-state index in [4.69, 9.17) is 16.9 Å². The van der Waals surface area contributed by atoms with E-state index in [0.717, 1.165) is 18.2 Å².